The van der Waals surface area contributed by atoms with E-state index in [4.69, 9.17) is 14.2 Å². The summed E-state index contributed by atoms with van der Waals surface area (Å²) in [6.45, 7) is 5.92. The molecule has 0 radical (unpaired) electrons. The molecule has 2 rings (SSSR count). The molecule has 12 nitrogen and oxygen atoms in total. The number of hydrogen-bond donors (Lipinski definition) is 5. The van der Waals surface area contributed by atoms with Gasteiger partial charge in [0, 0.05) is 19.5 Å². The Morgan fingerprint density at radius 1 is 0.889 bits per heavy atom. The van der Waals surface area contributed by atoms with Crippen LogP contribution in [0.15, 0.2) is 45.3 Å². The van der Waals surface area contributed by atoms with Gasteiger partial charge in [-0.05, 0) is 114 Å². The second-order valence-electron chi connectivity index (χ2n) is 11.2. The zero-order valence-electron chi connectivity index (χ0n) is 26.1. The number of phenolic OH excluding ortho intramolecular Hbond substituents is 1. The van der Waals surface area contributed by atoms with Crippen LogP contribution in [0.4, 0.5) is 9.59 Å². The molecule has 0 bridgehead atoms. The Bertz CT molecular complexity index is 1300. The smallest absolute Gasteiger partial charge is 0.407 e. The number of aromatic hydroxyl groups is 1. The van der Waals surface area contributed by atoms with E-state index in [-0.39, 0.29) is 18.6 Å². The highest BCUT2D eigenvalue weighted by atomic mass is 79.9. The van der Waals surface area contributed by atoms with Crippen molar-refractivity contribution >= 4 is 55.9 Å². The topological polar surface area (TPSA) is 164 Å². The van der Waals surface area contributed by atoms with E-state index in [1.807, 2.05) is 24.3 Å². The largest absolute Gasteiger partial charge is 0.506 e. The molecule has 0 aromatic heterocycles. The fourth-order valence-electron chi connectivity index (χ4n) is 4.18. The molecular weight excluding hydrogens is 716 g/mol. The van der Waals surface area contributed by atoms with Crippen LogP contribution in [0.1, 0.15) is 51.2 Å². The molecular formula is C31H42Br2N4O8. The molecule has 0 unspecified atom stereocenters. The summed E-state index contributed by atoms with van der Waals surface area (Å²) in [4.78, 5) is 50.8. The number of hydrogen-bond acceptors (Lipinski definition) is 8. The van der Waals surface area contributed by atoms with Crippen molar-refractivity contribution in [1.29, 1.82) is 0 Å². The third kappa shape index (κ3) is 14.0. The molecule has 0 aliphatic rings. The van der Waals surface area contributed by atoms with E-state index < -0.39 is 41.7 Å². The summed E-state index contributed by atoms with van der Waals surface area (Å²) in [5, 5.41) is 20.9. The van der Waals surface area contributed by atoms with Gasteiger partial charge in [-0.2, -0.15) is 0 Å². The number of benzene rings is 2. The number of urea groups is 1. The number of alkyl carbamates (subject to hydrolysis) is 1. The van der Waals surface area contributed by atoms with Crippen LogP contribution in [0, 0.1) is 0 Å². The lowest BCUT2D eigenvalue weighted by atomic mass is 10.0. The van der Waals surface area contributed by atoms with Crippen LogP contribution in [-0.4, -0.2) is 74.1 Å². The van der Waals surface area contributed by atoms with Crippen molar-refractivity contribution in [2.75, 3.05) is 27.3 Å². The lowest BCUT2D eigenvalue weighted by Gasteiger charge is -2.23. The van der Waals surface area contributed by atoms with Crippen molar-refractivity contribution in [3.8, 4) is 11.5 Å². The highest BCUT2D eigenvalue weighted by Gasteiger charge is 2.28. The van der Waals surface area contributed by atoms with Gasteiger partial charge in [0.25, 0.3) is 0 Å². The molecule has 5 N–H and O–H groups in total. The van der Waals surface area contributed by atoms with Gasteiger partial charge in [0.2, 0.25) is 5.91 Å². The van der Waals surface area contributed by atoms with Gasteiger partial charge < -0.3 is 40.6 Å². The van der Waals surface area contributed by atoms with Crippen LogP contribution < -0.4 is 26.0 Å². The Hall–Kier alpha value is -3.52. The first-order valence-electron chi connectivity index (χ1n) is 14.4. The number of esters is 1. The maximum absolute atomic E-state index is 13.5. The molecule has 0 aliphatic heterocycles. The van der Waals surface area contributed by atoms with Gasteiger partial charge in [-0.1, -0.05) is 12.1 Å². The number of phenols is 1. The van der Waals surface area contributed by atoms with Gasteiger partial charge in [0.05, 0.1) is 23.2 Å². The zero-order valence-corrected chi connectivity index (χ0v) is 29.3. The van der Waals surface area contributed by atoms with Crippen molar-refractivity contribution in [3.05, 3.63) is 56.5 Å². The average Bonchev–Trinajstić information content (AvgIpc) is 2.97. The normalized spacial score (nSPS) is 12.3. The fourth-order valence-corrected chi connectivity index (χ4v) is 5.46. The summed E-state index contributed by atoms with van der Waals surface area (Å²) in [5.41, 5.74) is 0.977. The first kappa shape index (κ1) is 37.7. The molecule has 45 heavy (non-hydrogen) atoms. The molecule has 2 aromatic rings. The van der Waals surface area contributed by atoms with Crippen LogP contribution in [0.25, 0.3) is 0 Å². The number of carbonyl (C=O) groups excluding carboxylic acids is 4. The van der Waals surface area contributed by atoms with Crippen LogP contribution in [0.2, 0.25) is 0 Å². The number of ether oxygens (including phenoxy) is 3. The monoisotopic (exact) mass is 756 g/mol. The minimum Gasteiger partial charge on any atom is -0.506 e. The molecule has 248 valence electrons. The van der Waals surface area contributed by atoms with Crippen LogP contribution in [0.3, 0.4) is 0 Å². The Balaban J connectivity index is 2.07. The van der Waals surface area contributed by atoms with Crippen molar-refractivity contribution in [2.24, 2.45) is 0 Å². The van der Waals surface area contributed by atoms with Crippen molar-refractivity contribution in [1.82, 2.24) is 21.3 Å². The first-order valence-corrected chi connectivity index (χ1v) is 16.0. The lowest BCUT2D eigenvalue weighted by molar-refractivity contribution is -0.145. The summed E-state index contributed by atoms with van der Waals surface area (Å²) >= 11 is 6.58. The third-order valence-electron chi connectivity index (χ3n) is 6.36. The van der Waals surface area contributed by atoms with Gasteiger partial charge in [-0.25, -0.2) is 14.4 Å². The maximum atomic E-state index is 13.5. The van der Waals surface area contributed by atoms with E-state index in [2.05, 4.69) is 53.1 Å². The van der Waals surface area contributed by atoms with Crippen molar-refractivity contribution in [3.63, 3.8) is 0 Å². The molecule has 4 amide bonds. The molecule has 2 aromatic carbocycles. The van der Waals surface area contributed by atoms with Gasteiger partial charge >= 0.3 is 18.1 Å². The Morgan fingerprint density at radius 2 is 1.58 bits per heavy atom. The molecule has 0 aliphatic carbocycles. The second-order valence-corrected chi connectivity index (χ2v) is 12.9. The predicted molar refractivity (Wildman–Crippen MR) is 176 cm³/mol. The number of rotatable bonds is 15. The summed E-state index contributed by atoms with van der Waals surface area (Å²) in [5.74, 6) is -0.533. The third-order valence-corrected chi connectivity index (χ3v) is 7.57. The quantitative estimate of drug-likeness (QED) is 0.129. The van der Waals surface area contributed by atoms with E-state index in [1.165, 1.54) is 7.11 Å². The molecule has 0 heterocycles. The lowest BCUT2D eigenvalue weighted by Crippen LogP contribution is -2.54. The number of methoxy groups -OCH3 is 2. The highest BCUT2D eigenvalue weighted by molar-refractivity contribution is 9.11. The van der Waals surface area contributed by atoms with Crippen LogP contribution in [-0.2, 0) is 31.9 Å². The maximum Gasteiger partial charge on any atom is 0.407 e. The number of carbonyl (C=O) groups is 4. The summed E-state index contributed by atoms with van der Waals surface area (Å²) in [6, 6.07) is 8.12. The SMILES string of the molecule is COC(=O)[C@H](CCCCNC(=O)OC(C)(C)C)NC(=O)[C@@H](Cc1cc(Br)c(O)c(Br)c1)NC(=O)NCCc1cccc(OC)c1. The molecule has 14 heteroatoms. The van der Waals surface area contributed by atoms with E-state index >= 15 is 0 Å². The van der Waals surface area contributed by atoms with E-state index in [1.54, 1.807) is 40.0 Å². The van der Waals surface area contributed by atoms with Crippen LogP contribution in [0.5, 0.6) is 11.5 Å². The Kier molecular flexibility index (Phi) is 15.4. The van der Waals surface area contributed by atoms with Gasteiger partial charge in [0.15, 0.2) is 0 Å². The second kappa shape index (κ2) is 18.4. The molecule has 0 saturated heterocycles. The summed E-state index contributed by atoms with van der Waals surface area (Å²) in [6.07, 6.45) is 1.30. The molecule has 2 atom stereocenters. The number of amides is 4. The number of nitrogens with one attached hydrogen (secondary N) is 4. The Morgan fingerprint density at radius 3 is 2.20 bits per heavy atom. The molecule has 0 fully saturated rings. The van der Waals surface area contributed by atoms with E-state index in [0.29, 0.717) is 52.6 Å². The first-order chi connectivity index (χ1) is 21.2. The minimum absolute atomic E-state index is 0.00471. The standard InChI is InChI=1S/C31H42Br2N4O8/c1-31(2,3)45-30(42)35-13-7-6-11-24(28(40)44-5)36-27(39)25(18-20-16-22(32)26(38)23(33)17-20)37-29(41)34-14-12-19-9-8-10-21(15-19)43-4/h8-10,15-17,24-25,38H,6-7,11-14,18H2,1-5H3,(H,35,42)(H,36,39)(H2,34,37,41)/t24-,25+/m0/s1. The van der Waals surface area contributed by atoms with E-state index in [0.717, 1.165) is 5.56 Å². The average molecular weight is 759 g/mol. The molecule has 0 saturated carbocycles. The van der Waals surface area contributed by atoms with Gasteiger partial charge in [-0.15, -0.1) is 0 Å². The minimum atomic E-state index is -1.08. The Labute approximate surface area is 280 Å². The predicted octanol–water partition coefficient (Wildman–Crippen LogP) is 4.73. The summed E-state index contributed by atoms with van der Waals surface area (Å²) < 4.78 is 16.2. The van der Waals surface area contributed by atoms with Crippen molar-refractivity contribution < 1.29 is 38.5 Å². The summed E-state index contributed by atoms with van der Waals surface area (Å²) in [7, 11) is 2.80. The number of halogens is 2. The highest BCUT2D eigenvalue weighted by Crippen LogP contribution is 2.33. The van der Waals surface area contributed by atoms with Gasteiger partial charge in [0.1, 0.15) is 29.2 Å². The van der Waals surface area contributed by atoms with Crippen molar-refractivity contribution in [2.45, 2.75) is 70.6 Å². The fraction of sp³-hybridized carbons (Fsp3) is 0.484. The van der Waals surface area contributed by atoms with Crippen LogP contribution >= 0.6 is 31.9 Å². The van der Waals surface area contributed by atoms with E-state index in [9.17, 15) is 24.3 Å². The number of unbranched alkanes of at least 4 members (excludes halogenated alkanes) is 1. The van der Waals surface area contributed by atoms with Gasteiger partial charge in [-0.3, -0.25) is 4.79 Å². The molecule has 0 spiro atoms. The zero-order chi connectivity index (χ0) is 33.6.